The number of ether oxygens (including phenoxy) is 2. The van der Waals surface area contributed by atoms with E-state index in [9.17, 15) is 10.1 Å². The lowest BCUT2D eigenvalue weighted by molar-refractivity contribution is 0.0927. The van der Waals surface area contributed by atoms with Crippen molar-refractivity contribution < 1.29 is 14.3 Å². The fraction of sp³-hybridized carbons (Fsp3) is 0.333. The van der Waals surface area contributed by atoms with E-state index in [1.54, 1.807) is 54.8 Å². The highest BCUT2D eigenvalue weighted by Crippen LogP contribution is 2.30. The summed E-state index contributed by atoms with van der Waals surface area (Å²) in [6, 6.07) is 13.0. The molecule has 2 aromatic carbocycles. The molecule has 1 saturated carbocycles. The number of carbonyl (C=O) groups is 1. The van der Waals surface area contributed by atoms with Gasteiger partial charge in [0.15, 0.2) is 0 Å². The second-order valence-electron chi connectivity index (χ2n) is 10.0. The van der Waals surface area contributed by atoms with Crippen LogP contribution in [0.25, 0.3) is 11.1 Å². The van der Waals surface area contributed by atoms with Crippen molar-refractivity contribution in [2.45, 2.75) is 57.7 Å². The largest absolute Gasteiger partial charge is 0.495 e. The summed E-state index contributed by atoms with van der Waals surface area (Å²) in [5.74, 6) is 1.26. The quantitative estimate of drug-likeness (QED) is 0.281. The standard InChI is InChI=1S/C30H32N8O3/c1-20(17-38-19-32-18-35-38)41-27-12-21(8-9-23(27)14-31)24-15-33-30(34-16-24)37-26-11-10-22(13-28(26)40-2)29(39)36-25-6-4-3-5-7-25/h8-13,15-16,18-20,25H,3-7,17H2,1-2H3,(H,36,39)(H,33,34,37)/t20-/m0/s1. The third kappa shape index (κ3) is 6.97. The van der Waals surface area contributed by atoms with Gasteiger partial charge < -0.3 is 20.1 Å². The molecule has 0 unspecified atom stereocenters. The monoisotopic (exact) mass is 552 g/mol. The Morgan fingerprint density at radius 1 is 1.10 bits per heavy atom. The lowest BCUT2D eigenvalue weighted by Gasteiger charge is -2.23. The van der Waals surface area contributed by atoms with Crippen LogP contribution in [0.2, 0.25) is 0 Å². The van der Waals surface area contributed by atoms with Crippen LogP contribution in [0.1, 0.15) is 54.9 Å². The van der Waals surface area contributed by atoms with E-state index in [0.717, 1.165) is 36.8 Å². The van der Waals surface area contributed by atoms with E-state index in [1.165, 1.54) is 12.7 Å². The molecule has 2 aromatic heterocycles. The highest BCUT2D eigenvalue weighted by molar-refractivity contribution is 5.95. The van der Waals surface area contributed by atoms with E-state index in [-0.39, 0.29) is 18.1 Å². The van der Waals surface area contributed by atoms with E-state index in [2.05, 4.69) is 36.8 Å². The zero-order valence-corrected chi connectivity index (χ0v) is 23.1. The van der Waals surface area contributed by atoms with E-state index in [1.807, 2.05) is 19.1 Å². The lowest BCUT2D eigenvalue weighted by Crippen LogP contribution is -2.36. The van der Waals surface area contributed by atoms with Gasteiger partial charge in [-0.1, -0.05) is 25.3 Å². The predicted octanol–water partition coefficient (Wildman–Crippen LogP) is 4.89. The van der Waals surface area contributed by atoms with Crippen molar-refractivity contribution in [1.82, 2.24) is 30.0 Å². The number of hydrogen-bond donors (Lipinski definition) is 2. The van der Waals surface area contributed by atoms with Crippen LogP contribution in [0.3, 0.4) is 0 Å². The first kappa shape index (κ1) is 27.6. The fourth-order valence-electron chi connectivity index (χ4n) is 4.85. The van der Waals surface area contributed by atoms with E-state index >= 15 is 0 Å². The second-order valence-corrected chi connectivity index (χ2v) is 10.0. The molecule has 1 atom stereocenters. The molecule has 0 saturated heterocycles. The van der Waals surface area contributed by atoms with Crippen LogP contribution in [0.5, 0.6) is 11.5 Å². The molecule has 1 aliphatic carbocycles. The molecule has 2 heterocycles. The van der Waals surface area contributed by atoms with Gasteiger partial charge in [0.1, 0.15) is 36.3 Å². The van der Waals surface area contributed by atoms with Crippen LogP contribution in [0, 0.1) is 11.3 Å². The van der Waals surface area contributed by atoms with Gasteiger partial charge in [-0.15, -0.1) is 0 Å². The molecule has 210 valence electrons. The zero-order chi connectivity index (χ0) is 28.6. The van der Waals surface area contributed by atoms with Gasteiger partial charge >= 0.3 is 0 Å². The summed E-state index contributed by atoms with van der Waals surface area (Å²) in [5, 5.41) is 20.0. The van der Waals surface area contributed by atoms with Gasteiger partial charge in [-0.25, -0.2) is 19.6 Å². The molecular weight excluding hydrogens is 520 g/mol. The van der Waals surface area contributed by atoms with Crippen LogP contribution in [0.15, 0.2) is 61.4 Å². The number of benzene rings is 2. The number of methoxy groups -OCH3 is 1. The Morgan fingerprint density at radius 3 is 2.61 bits per heavy atom. The van der Waals surface area contributed by atoms with Gasteiger partial charge in [-0.05, 0) is 55.7 Å². The van der Waals surface area contributed by atoms with Crippen molar-refractivity contribution in [3.8, 4) is 28.7 Å². The minimum Gasteiger partial charge on any atom is -0.495 e. The maximum Gasteiger partial charge on any atom is 0.251 e. The molecule has 0 bridgehead atoms. The first-order valence-electron chi connectivity index (χ1n) is 13.6. The van der Waals surface area contributed by atoms with Crippen LogP contribution < -0.4 is 20.1 Å². The van der Waals surface area contributed by atoms with Crippen LogP contribution in [-0.4, -0.2) is 49.9 Å². The average molecular weight is 553 g/mol. The van der Waals surface area contributed by atoms with Crippen molar-refractivity contribution >= 4 is 17.5 Å². The number of nitrogens with zero attached hydrogens (tertiary/aromatic N) is 6. The summed E-state index contributed by atoms with van der Waals surface area (Å²) >= 11 is 0. The molecular formula is C30H32N8O3. The average Bonchev–Trinajstić information content (AvgIpc) is 3.51. The van der Waals surface area contributed by atoms with Crippen molar-refractivity contribution in [3.05, 3.63) is 72.6 Å². The van der Waals surface area contributed by atoms with Crippen molar-refractivity contribution in [3.63, 3.8) is 0 Å². The Hall–Kier alpha value is -4.98. The molecule has 0 aliphatic heterocycles. The number of amides is 1. The van der Waals surface area contributed by atoms with E-state index in [0.29, 0.717) is 40.8 Å². The Morgan fingerprint density at radius 2 is 1.90 bits per heavy atom. The summed E-state index contributed by atoms with van der Waals surface area (Å²) in [5.41, 5.74) is 3.19. The molecule has 2 N–H and O–H groups in total. The first-order valence-corrected chi connectivity index (χ1v) is 13.6. The molecule has 1 aliphatic rings. The number of nitrogens with one attached hydrogen (secondary N) is 2. The first-order chi connectivity index (χ1) is 20.0. The summed E-state index contributed by atoms with van der Waals surface area (Å²) in [6.07, 6.45) is 11.8. The minimum absolute atomic E-state index is 0.0964. The normalized spacial score (nSPS) is 14.1. The molecule has 5 rings (SSSR count). The molecule has 0 spiro atoms. The Bertz CT molecular complexity index is 1510. The predicted molar refractivity (Wildman–Crippen MR) is 153 cm³/mol. The number of nitriles is 1. The Kier molecular flexibility index (Phi) is 8.69. The zero-order valence-electron chi connectivity index (χ0n) is 23.1. The maximum atomic E-state index is 12.8. The third-order valence-electron chi connectivity index (χ3n) is 6.98. The number of anilines is 2. The van der Waals surface area contributed by atoms with Crippen LogP contribution >= 0.6 is 0 Å². The summed E-state index contributed by atoms with van der Waals surface area (Å²) in [4.78, 5) is 25.6. The molecule has 1 fully saturated rings. The molecule has 1 amide bonds. The van der Waals surface area contributed by atoms with Crippen LogP contribution in [0.4, 0.5) is 11.6 Å². The van der Waals surface area contributed by atoms with Crippen molar-refractivity contribution in [2.24, 2.45) is 0 Å². The molecule has 11 nitrogen and oxygen atoms in total. The fourth-order valence-corrected chi connectivity index (χ4v) is 4.85. The lowest BCUT2D eigenvalue weighted by atomic mass is 9.95. The van der Waals surface area contributed by atoms with Crippen LogP contribution in [-0.2, 0) is 6.54 Å². The third-order valence-corrected chi connectivity index (χ3v) is 6.98. The number of rotatable bonds is 10. The minimum atomic E-state index is -0.235. The highest BCUT2D eigenvalue weighted by Gasteiger charge is 2.18. The molecule has 41 heavy (non-hydrogen) atoms. The summed E-state index contributed by atoms with van der Waals surface area (Å²) in [6.45, 7) is 2.40. The highest BCUT2D eigenvalue weighted by atomic mass is 16.5. The van der Waals surface area contributed by atoms with Gasteiger partial charge in [0.05, 0.1) is 24.9 Å². The number of aromatic nitrogens is 5. The van der Waals surface area contributed by atoms with Gasteiger partial charge in [0, 0.05) is 29.6 Å². The molecule has 0 radical (unpaired) electrons. The Labute approximate surface area is 238 Å². The second kappa shape index (κ2) is 12.9. The van der Waals surface area contributed by atoms with E-state index < -0.39 is 0 Å². The van der Waals surface area contributed by atoms with Gasteiger partial charge in [-0.3, -0.25) is 4.79 Å². The van der Waals surface area contributed by atoms with E-state index in [4.69, 9.17) is 9.47 Å². The number of carbonyl (C=O) groups excluding carboxylic acids is 1. The van der Waals surface area contributed by atoms with Crippen molar-refractivity contribution in [1.29, 1.82) is 5.26 Å². The van der Waals surface area contributed by atoms with Gasteiger partial charge in [-0.2, -0.15) is 10.4 Å². The maximum absolute atomic E-state index is 12.8. The molecule has 4 aromatic rings. The smallest absolute Gasteiger partial charge is 0.251 e. The Balaban J connectivity index is 1.26. The summed E-state index contributed by atoms with van der Waals surface area (Å²) < 4.78 is 13.3. The van der Waals surface area contributed by atoms with Crippen molar-refractivity contribution in [2.75, 3.05) is 12.4 Å². The van der Waals surface area contributed by atoms with Gasteiger partial charge in [0.25, 0.3) is 5.91 Å². The molecule has 11 heteroatoms. The number of hydrogen-bond acceptors (Lipinski definition) is 9. The topological polar surface area (TPSA) is 140 Å². The summed E-state index contributed by atoms with van der Waals surface area (Å²) in [7, 11) is 1.56. The SMILES string of the molecule is COc1cc(C(=O)NC2CCCCC2)ccc1Nc1ncc(-c2ccc(C#N)c(O[C@@H](C)Cn3cncn3)c2)cn1. The van der Waals surface area contributed by atoms with Gasteiger partial charge in [0.2, 0.25) is 5.95 Å².